The van der Waals surface area contributed by atoms with E-state index in [0.29, 0.717) is 12.1 Å². The fourth-order valence-corrected chi connectivity index (χ4v) is 3.99. The molecule has 0 bridgehead atoms. The number of halogens is 2. The molecule has 1 fully saturated rings. The number of carbonyl (C=O) groups is 2. The Balaban J connectivity index is 1.90. The average Bonchev–Trinajstić information content (AvgIpc) is 2.97. The van der Waals surface area contributed by atoms with E-state index in [9.17, 15) is 18.4 Å². The first kappa shape index (κ1) is 18.4. The molecule has 26 heavy (non-hydrogen) atoms. The standard InChI is InChI=1S/C19H18F2N2O2S/c1-2-4-17(24)22-14-6-3-5-12(9-14)19-23(18(25)11-26-19)16-8-7-13(20)10-15(16)21/h3,5-10,19H,2,4,11H2,1H3,(H,22,24). The van der Waals surface area contributed by atoms with E-state index in [2.05, 4.69) is 5.32 Å². The van der Waals surface area contributed by atoms with E-state index >= 15 is 0 Å². The van der Waals surface area contributed by atoms with Gasteiger partial charge in [-0.2, -0.15) is 0 Å². The van der Waals surface area contributed by atoms with Crippen LogP contribution in [0.5, 0.6) is 0 Å². The highest BCUT2D eigenvalue weighted by atomic mass is 32.2. The van der Waals surface area contributed by atoms with Crippen LogP contribution in [0.25, 0.3) is 0 Å². The Bertz CT molecular complexity index is 844. The zero-order valence-electron chi connectivity index (χ0n) is 14.2. The summed E-state index contributed by atoms with van der Waals surface area (Å²) < 4.78 is 27.4. The third-order valence-electron chi connectivity index (χ3n) is 3.97. The molecule has 2 aromatic carbocycles. The molecule has 2 amide bonds. The molecule has 0 saturated carbocycles. The fourth-order valence-electron chi connectivity index (χ4n) is 2.83. The van der Waals surface area contributed by atoms with Crippen LogP contribution in [-0.2, 0) is 9.59 Å². The Morgan fingerprint density at radius 1 is 1.27 bits per heavy atom. The maximum absolute atomic E-state index is 14.2. The van der Waals surface area contributed by atoms with E-state index in [1.807, 2.05) is 13.0 Å². The fraction of sp³-hybridized carbons (Fsp3) is 0.263. The Kier molecular flexibility index (Phi) is 5.56. The van der Waals surface area contributed by atoms with Crippen molar-refractivity contribution in [1.82, 2.24) is 0 Å². The molecule has 1 aliphatic heterocycles. The van der Waals surface area contributed by atoms with Crippen molar-refractivity contribution in [3.05, 3.63) is 59.7 Å². The molecule has 1 heterocycles. The summed E-state index contributed by atoms with van der Waals surface area (Å²) in [6.07, 6.45) is 1.17. The van der Waals surface area contributed by atoms with Crippen molar-refractivity contribution in [3.63, 3.8) is 0 Å². The molecule has 136 valence electrons. The number of nitrogens with zero attached hydrogens (tertiary/aromatic N) is 1. The van der Waals surface area contributed by atoms with Crippen molar-refractivity contribution in [2.45, 2.75) is 25.1 Å². The first-order valence-electron chi connectivity index (χ1n) is 8.28. The van der Waals surface area contributed by atoms with Crippen LogP contribution in [0.2, 0.25) is 0 Å². The Morgan fingerprint density at radius 3 is 2.81 bits per heavy atom. The van der Waals surface area contributed by atoms with Crippen molar-refractivity contribution in [1.29, 1.82) is 0 Å². The first-order chi connectivity index (χ1) is 12.5. The van der Waals surface area contributed by atoms with Crippen molar-refractivity contribution in [2.24, 2.45) is 0 Å². The van der Waals surface area contributed by atoms with Crippen LogP contribution < -0.4 is 10.2 Å². The highest BCUT2D eigenvalue weighted by Gasteiger charge is 2.35. The Morgan fingerprint density at radius 2 is 2.08 bits per heavy atom. The van der Waals surface area contributed by atoms with Gasteiger partial charge < -0.3 is 5.32 Å². The predicted molar refractivity (Wildman–Crippen MR) is 99.0 cm³/mol. The smallest absolute Gasteiger partial charge is 0.238 e. The highest BCUT2D eigenvalue weighted by molar-refractivity contribution is 8.00. The van der Waals surface area contributed by atoms with Gasteiger partial charge in [-0.05, 0) is 36.2 Å². The SMILES string of the molecule is CCCC(=O)Nc1cccc(C2SCC(=O)N2c2ccc(F)cc2F)c1. The summed E-state index contributed by atoms with van der Waals surface area (Å²) in [5.41, 5.74) is 1.44. The maximum atomic E-state index is 14.2. The minimum absolute atomic E-state index is 0.0480. The summed E-state index contributed by atoms with van der Waals surface area (Å²) in [4.78, 5) is 25.5. The summed E-state index contributed by atoms with van der Waals surface area (Å²) >= 11 is 1.36. The van der Waals surface area contributed by atoms with Gasteiger partial charge in [0.15, 0.2) is 0 Å². The van der Waals surface area contributed by atoms with E-state index in [1.165, 1.54) is 22.7 Å². The van der Waals surface area contributed by atoms with E-state index in [0.717, 1.165) is 24.1 Å². The molecule has 0 aromatic heterocycles. The van der Waals surface area contributed by atoms with E-state index in [4.69, 9.17) is 0 Å². The first-order valence-corrected chi connectivity index (χ1v) is 9.33. The quantitative estimate of drug-likeness (QED) is 0.837. The van der Waals surface area contributed by atoms with Crippen LogP contribution in [0.3, 0.4) is 0 Å². The van der Waals surface area contributed by atoms with E-state index in [1.54, 1.807) is 18.2 Å². The molecule has 7 heteroatoms. The number of nitrogens with one attached hydrogen (secondary N) is 1. The van der Waals surface area contributed by atoms with Gasteiger partial charge in [0.2, 0.25) is 11.8 Å². The van der Waals surface area contributed by atoms with Crippen molar-refractivity contribution < 1.29 is 18.4 Å². The van der Waals surface area contributed by atoms with Gasteiger partial charge in [-0.3, -0.25) is 14.5 Å². The number of hydrogen-bond donors (Lipinski definition) is 1. The third kappa shape index (κ3) is 3.88. The number of carbonyl (C=O) groups excluding carboxylic acids is 2. The molecule has 2 aromatic rings. The lowest BCUT2D eigenvalue weighted by atomic mass is 10.1. The van der Waals surface area contributed by atoms with Crippen molar-refractivity contribution in [3.8, 4) is 0 Å². The minimum Gasteiger partial charge on any atom is -0.326 e. The van der Waals surface area contributed by atoms with Gasteiger partial charge in [-0.1, -0.05) is 19.1 Å². The molecule has 4 nitrogen and oxygen atoms in total. The molecule has 0 spiro atoms. The molecule has 1 N–H and O–H groups in total. The molecular formula is C19H18F2N2O2S. The van der Waals surface area contributed by atoms with E-state index in [-0.39, 0.29) is 23.3 Å². The van der Waals surface area contributed by atoms with Gasteiger partial charge in [0.1, 0.15) is 17.0 Å². The second kappa shape index (κ2) is 7.86. The molecule has 3 rings (SSSR count). The van der Waals surface area contributed by atoms with Crippen molar-refractivity contribution in [2.75, 3.05) is 16.0 Å². The summed E-state index contributed by atoms with van der Waals surface area (Å²) in [6.45, 7) is 1.92. The minimum atomic E-state index is -0.779. The van der Waals surface area contributed by atoms with Crippen LogP contribution in [-0.4, -0.2) is 17.6 Å². The lowest BCUT2D eigenvalue weighted by molar-refractivity contribution is -0.116. The lowest BCUT2D eigenvalue weighted by Gasteiger charge is -2.25. The molecular weight excluding hydrogens is 358 g/mol. The Hall–Kier alpha value is -2.41. The number of anilines is 2. The summed E-state index contributed by atoms with van der Waals surface area (Å²) in [6, 6.07) is 10.3. The second-order valence-electron chi connectivity index (χ2n) is 5.95. The molecule has 0 aliphatic carbocycles. The predicted octanol–water partition coefficient (Wildman–Crippen LogP) is 4.48. The van der Waals surface area contributed by atoms with Crippen LogP contribution in [0.15, 0.2) is 42.5 Å². The van der Waals surface area contributed by atoms with Crippen LogP contribution in [0.4, 0.5) is 20.2 Å². The van der Waals surface area contributed by atoms with Crippen LogP contribution in [0.1, 0.15) is 30.7 Å². The number of thioether (sulfide) groups is 1. The summed E-state index contributed by atoms with van der Waals surface area (Å²) in [5, 5.41) is 2.38. The molecule has 1 atom stereocenters. The van der Waals surface area contributed by atoms with Gasteiger partial charge >= 0.3 is 0 Å². The molecule has 1 saturated heterocycles. The molecule has 1 unspecified atom stereocenters. The van der Waals surface area contributed by atoms with Gasteiger partial charge in [0, 0.05) is 18.2 Å². The van der Waals surface area contributed by atoms with E-state index < -0.39 is 17.0 Å². The zero-order valence-corrected chi connectivity index (χ0v) is 15.0. The summed E-state index contributed by atoms with van der Waals surface area (Å²) in [7, 11) is 0. The van der Waals surface area contributed by atoms with Gasteiger partial charge in [-0.25, -0.2) is 8.78 Å². The third-order valence-corrected chi connectivity index (χ3v) is 5.18. The van der Waals surface area contributed by atoms with Crippen LogP contribution in [0, 0.1) is 11.6 Å². The zero-order chi connectivity index (χ0) is 18.7. The number of amides is 2. The number of rotatable bonds is 5. The lowest BCUT2D eigenvalue weighted by Crippen LogP contribution is -2.28. The maximum Gasteiger partial charge on any atom is 0.238 e. The van der Waals surface area contributed by atoms with Gasteiger partial charge in [0.05, 0.1) is 11.4 Å². The topological polar surface area (TPSA) is 49.4 Å². The Labute approximate surface area is 154 Å². The van der Waals surface area contributed by atoms with Gasteiger partial charge in [-0.15, -0.1) is 11.8 Å². The summed E-state index contributed by atoms with van der Waals surface area (Å²) in [5.74, 6) is -1.60. The van der Waals surface area contributed by atoms with Crippen LogP contribution >= 0.6 is 11.8 Å². The molecule has 0 radical (unpaired) electrons. The second-order valence-corrected chi connectivity index (χ2v) is 7.02. The highest BCUT2D eigenvalue weighted by Crippen LogP contribution is 2.43. The normalized spacial score (nSPS) is 16.8. The monoisotopic (exact) mass is 376 g/mol. The number of benzene rings is 2. The molecule has 1 aliphatic rings. The van der Waals surface area contributed by atoms with Crippen molar-refractivity contribution >= 4 is 35.0 Å². The average molecular weight is 376 g/mol. The number of hydrogen-bond acceptors (Lipinski definition) is 3. The largest absolute Gasteiger partial charge is 0.326 e. The van der Waals surface area contributed by atoms with Gasteiger partial charge in [0.25, 0.3) is 0 Å².